The number of nitrogen functional groups attached to an aromatic ring is 1. The Bertz CT molecular complexity index is 1070. The third-order valence-electron chi connectivity index (χ3n) is 4.41. The molecular formula is C17H15N2NaO5S. The Morgan fingerprint density at radius 1 is 1.08 bits per heavy atom. The number of carbonyl (C=O) groups excluding carboxylic acids is 2. The van der Waals surface area contributed by atoms with E-state index < -0.39 is 32.3 Å². The van der Waals surface area contributed by atoms with E-state index >= 15 is 0 Å². The number of hydrogen-bond acceptors (Lipinski definition) is 6. The van der Waals surface area contributed by atoms with E-state index in [4.69, 9.17) is 5.73 Å². The van der Waals surface area contributed by atoms with Crippen LogP contribution in [0.4, 0.5) is 11.4 Å². The molecule has 7 nitrogen and oxygen atoms in total. The van der Waals surface area contributed by atoms with Crippen LogP contribution in [0.5, 0.6) is 0 Å². The summed E-state index contributed by atoms with van der Waals surface area (Å²) in [5, 5.41) is 3.06. The van der Waals surface area contributed by atoms with Gasteiger partial charge in [0.2, 0.25) is 0 Å². The monoisotopic (exact) mass is 382 g/mol. The molecule has 9 heteroatoms. The van der Waals surface area contributed by atoms with E-state index in [9.17, 15) is 22.6 Å². The predicted octanol–water partition coefficient (Wildman–Crippen LogP) is -1.02. The molecule has 4 rings (SSSR count). The molecule has 0 atom stereocenters. The summed E-state index contributed by atoms with van der Waals surface area (Å²) in [6, 6.07) is 7.53. The van der Waals surface area contributed by atoms with Gasteiger partial charge in [-0.05, 0) is 18.9 Å². The topological polar surface area (TPSA) is 127 Å². The van der Waals surface area contributed by atoms with Gasteiger partial charge in [-0.1, -0.05) is 24.3 Å². The first-order valence-corrected chi connectivity index (χ1v) is 9.12. The minimum atomic E-state index is -4.65. The Balaban J connectivity index is 0.00000131. The molecule has 0 amide bonds. The van der Waals surface area contributed by atoms with Crippen LogP contribution in [0.1, 0.15) is 46.1 Å². The Morgan fingerprint density at radius 2 is 1.62 bits per heavy atom. The summed E-state index contributed by atoms with van der Waals surface area (Å²) in [6.45, 7) is 0. The zero-order valence-corrected chi connectivity index (χ0v) is 16.8. The average Bonchev–Trinajstić information content (AvgIpc) is 3.37. The molecule has 0 radical (unpaired) electrons. The molecule has 1 saturated carbocycles. The number of carbonyl (C=O) groups is 2. The van der Waals surface area contributed by atoms with Crippen LogP contribution in [0.2, 0.25) is 0 Å². The Labute approximate surface area is 173 Å². The Hall–Kier alpha value is -1.71. The zero-order valence-electron chi connectivity index (χ0n) is 14.9. The van der Waals surface area contributed by atoms with Gasteiger partial charge in [-0.25, -0.2) is 0 Å². The van der Waals surface area contributed by atoms with E-state index in [0.717, 1.165) is 18.9 Å². The van der Waals surface area contributed by atoms with E-state index in [1.807, 2.05) is 0 Å². The SMILES string of the molecule is Nc1c(S(=O)(=O)O)cc(NC2CC2)c2c1C(=O)c1ccccc1C2=O.[H-].[Na+]. The second-order valence-corrected chi connectivity index (χ2v) is 7.57. The fourth-order valence-corrected chi connectivity index (χ4v) is 3.72. The average molecular weight is 382 g/mol. The van der Waals surface area contributed by atoms with Crippen molar-refractivity contribution >= 4 is 33.1 Å². The Kier molecular flexibility index (Phi) is 4.74. The van der Waals surface area contributed by atoms with E-state index in [2.05, 4.69) is 5.32 Å². The number of fused-ring (bicyclic) bond motifs is 2. The molecule has 0 spiro atoms. The van der Waals surface area contributed by atoms with Crippen LogP contribution in [-0.2, 0) is 10.1 Å². The molecule has 26 heavy (non-hydrogen) atoms. The molecule has 2 aromatic rings. The molecule has 0 bridgehead atoms. The minimum absolute atomic E-state index is 0. The van der Waals surface area contributed by atoms with Crippen LogP contribution in [-0.4, -0.2) is 30.6 Å². The first-order chi connectivity index (χ1) is 11.8. The van der Waals surface area contributed by atoms with Gasteiger partial charge in [0, 0.05) is 22.9 Å². The predicted molar refractivity (Wildman–Crippen MR) is 91.7 cm³/mol. The van der Waals surface area contributed by atoms with Crippen molar-refractivity contribution < 1.29 is 53.5 Å². The van der Waals surface area contributed by atoms with Gasteiger partial charge in [0.15, 0.2) is 11.6 Å². The van der Waals surface area contributed by atoms with Gasteiger partial charge in [-0.2, -0.15) is 8.42 Å². The molecular weight excluding hydrogens is 367 g/mol. The van der Waals surface area contributed by atoms with Crippen molar-refractivity contribution in [2.24, 2.45) is 0 Å². The maximum atomic E-state index is 12.9. The van der Waals surface area contributed by atoms with Crippen LogP contribution in [0.3, 0.4) is 0 Å². The molecule has 2 aromatic carbocycles. The molecule has 2 aliphatic carbocycles. The van der Waals surface area contributed by atoms with Gasteiger partial charge >= 0.3 is 29.6 Å². The van der Waals surface area contributed by atoms with Gasteiger partial charge in [0.25, 0.3) is 10.1 Å². The van der Waals surface area contributed by atoms with Crippen molar-refractivity contribution in [1.29, 1.82) is 0 Å². The second kappa shape index (κ2) is 6.47. The number of hydrogen-bond donors (Lipinski definition) is 3. The number of nitrogens with one attached hydrogen (secondary N) is 1. The maximum absolute atomic E-state index is 12.9. The fraction of sp³-hybridized carbons (Fsp3) is 0.176. The van der Waals surface area contributed by atoms with Gasteiger partial charge < -0.3 is 12.5 Å². The zero-order chi connectivity index (χ0) is 17.9. The van der Waals surface area contributed by atoms with Crippen LogP contribution >= 0.6 is 0 Å². The quantitative estimate of drug-likeness (QED) is 0.301. The molecule has 130 valence electrons. The first kappa shape index (κ1) is 19.1. The summed E-state index contributed by atoms with van der Waals surface area (Å²) in [7, 11) is -4.65. The van der Waals surface area contributed by atoms with Crippen molar-refractivity contribution in [1.82, 2.24) is 0 Å². The van der Waals surface area contributed by atoms with Crippen LogP contribution in [0.25, 0.3) is 0 Å². The minimum Gasteiger partial charge on any atom is -1.00 e. The van der Waals surface area contributed by atoms with Crippen molar-refractivity contribution in [2.75, 3.05) is 11.1 Å². The molecule has 2 aliphatic rings. The summed E-state index contributed by atoms with van der Waals surface area (Å²) in [5.74, 6) is -0.936. The maximum Gasteiger partial charge on any atom is 1.00 e. The third kappa shape index (κ3) is 2.97. The van der Waals surface area contributed by atoms with Crippen molar-refractivity contribution in [3.63, 3.8) is 0 Å². The summed E-state index contributed by atoms with van der Waals surface area (Å²) < 4.78 is 32.8. The first-order valence-electron chi connectivity index (χ1n) is 7.68. The molecule has 0 heterocycles. The Morgan fingerprint density at radius 3 is 2.12 bits per heavy atom. The molecule has 4 N–H and O–H groups in total. The molecule has 1 fully saturated rings. The number of nitrogens with two attached hydrogens (primary N) is 1. The fourth-order valence-electron chi connectivity index (χ4n) is 3.07. The largest absolute Gasteiger partial charge is 1.00 e. The molecule has 0 saturated heterocycles. The summed E-state index contributed by atoms with van der Waals surface area (Å²) in [6.07, 6.45) is 1.75. The normalized spacial score (nSPS) is 15.7. The van der Waals surface area contributed by atoms with Gasteiger partial charge in [-0.3, -0.25) is 14.1 Å². The van der Waals surface area contributed by atoms with Gasteiger partial charge in [0.1, 0.15) is 4.90 Å². The summed E-state index contributed by atoms with van der Waals surface area (Å²) in [5.41, 5.74) is 5.95. The van der Waals surface area contributed by atoms with Crippen LogP contribution in [0, 0.1) is 0 Å². The van der Waals surface area contributed by atoms with Gasteiger partial charge in [-0.15, -0.1) is 0 Å². The number of rotatable bonds is 3. The molecule has 0 aromatic heterocycles. The van der Waals surface area contributed by atoms with Crippen molar-refractivity contribution in [2.45, 2.75) is 23.8 Å². The van der Waals surface area contributed by atoms with E-state index in [0.29, 0.717) is 0 Å². The summed E-state index contributed by atoms with van der Waals surface area (Å²) in [4.78, 5) is 25.2. The third-order valence-corrected chi connectivity index (χ3v) is 5.31. The van der Waals surface area contributed by atoms with Crippen molar-refractivity contribution in [3.8, 4) is 0 Å². The van der Waals surface area contributed by atoms with Gasteiger partial charge in [0.05, 0.1) is 16.8 Å². The van der Waals surface area contributed by atoms with E-state index in [-0.39, 0.29) is 65.0 Å². The second-order valence-electron chi connectivity index (χ2n) is 6.18. The number of ketones is 2. The molecule has 0 aliphatic heterocycles. The van der Waals surface area contributed by atoms with E-state index in [1.165, 1.54) is 6.07 Å². The van der Waals surface area contributed by atoms with Crippen LogP contribution in [0.15, 0.2) is 35.2 Å². The van der Waals surface area contributed by atoms with Crippen molar-refractivity contribution in [3.05, 3.63) is 52.6 Å². The molecule has 0 unspecified atom stereocenters. The summed E-state index contributed by atoms with van der Waals surface area (Å²) >= 11 is 0. The standard InChI is InChI=1S/C17H14N2O5S.Na.H/c18-15-12(25(22,23)24)7-11(19-8-5-6-8)13-14(15)17(21)10-4-2-1-3-9(10)16(13)20;;/h1-4,7-8,19H,5-6,18H2,(H,22,23,24);;/q;+1;-1. The smallest absolute Gasteiger partial charge is 1.00 e. The number of benzene rings is 2. The number of anilines is 2. The van der Waals surface area contributed by atoms with Crippen LogP contribution < -0.4 is 40.6 Å². The van der Waals surface area contributed by atoms with E-state index in [1.54, 1.807) is 18.2 Å².